The second-order valence-electron chi connectivity index (χ2n) is 12.1. The third-order valence-electron chi connectivity index (χ3n) is 6.98. The molecule has 0 unspecified atom stereocenters. The van der Waals surface area contributed by atoms with Gasteiger partial charge in [-0.3, -0.25) is 28.9 Å². The SMILES string of the molecule is COC(=O)[C@H](CSSC[C@@H](C(=O)N[C@@H](Cc1ccccc1)C(=O)NCC(=O)OC(C)(C)C)N1C(=O)CCC1=O)NC(=O)OCc1ccccc1. The Bertz CT molecular complexity index is 1490. The normalized spacial score (nSPS) is 14.6. The largest absolute Gasteiger partial charge is 0.467 e. The first kappa shape index (κ1) is 39.9. The van der Waals surface area contributed by atoms with Gasteiger partial charge in [0.15, 0.2) is 0 Å². The van der Waals surface area contributed by atoms with Crippen molar-refractivity contribution in [2.24, 2.45) is 0 Å². The Kier molecular flexibility index (Phi) is 15.6. The number of imide groups is 1. The Morgan fingerprint density at radius 3 is 1.96 bits per heavy atom. The highest BCUT2D eigenvalue weighted by Gasteiger charge is 2.40. The molecule has 1 fully saturated rings. The van der Waals surface area contributed by atoms with Crippen molar-refractivity contribution in [2.45, 2.75) is 70.4 Å². The summed E-state index contributed by atoms with van der Waals surface area (Å²) in [5.74, 6) is -4.00. The number of alkyl carbamates (subject to hydrolysis) is 1. The number of hydrogen-bond acceptors (Lipinski definition) is 12. The van der Waals surface area contributed by atoms with Gasteiger partial charge in [0.2, 0.25) is 23.6 Å². The van der Waals surface area contributed by atoms with E-state index in [9.17, 15) is 33.6 Å². The summed E-state index contributed by atoms with van der Waals surface area (Å²) in [5, 5.41) is 7.63. The number of nitrogens with zero attached hydrogens (tertiary/aromatic N) is 1. The number of amides is 5. The van der Waals surface area contributed by atoms with E-state index in [1.165, 1.54) is 7.11 Å². The maximum Gasteiger partial charge on any atom is 0.408 e. The van der Waals surface area contributed by atoms with Gasteiger partial charge in [-0.1, -0.05) is 82.3 Å². The van der Waals surface area contributed by atoms with Crippen LogP contribution in [0.4, 0.5) is 4.79 Å². The lowest BCUT2D eigenvalue weighted by Crippen LogP contribution is -2.56. The molecular weight excluding hydrogens is 689 g/mol. The highest BCUT2D eigenvalue weighted by Crippen LogP contribution is 2.27. The summed E-state index contributed by atoms with van der Waals surface area (Å²) in [6, 6.07) is 14.3. The van der Waals surface area contributed by atoms with Gasteiger partial charge in [0, 0.05) is 30.8 Å². The van der Waals surface area contributed by atoms with Crippen LogP contribution in [-0.2, 0) is 56.0 Å². The predicted octanol–water partition coefficient (Wildman–Crippen LogP) is 2.54. The molecule has 1 heterocycles. The summed E-state index contributed by atoms with van der Waals surface area (Å²) >= 11 is 0. The van der Waals surface area contributed by atoms with Gasteiger partial charge in [-0.2, -0.15) is 0 Å². The second kappa shape index (κ2) is 19.6. The molecule has 50 heavy (non-hydrogen) atoms. The minimum atomic E-state index is -1.30. The second-order valence-corrected chi connectivity index (χ2v) is 14.6. The van der Waals surface area contributed by atoms with Crippen LogP contribution in [0.1, 0.15) is 44.7 Å². The molecule has 0 radical (unpaired) electrons. The lowest BCUT2D eigenvalue weighted by atomic mass is 10.0. The van der Waals surface area contributed by atoms with Crippen molar-refractivity contribution in [1.29, 1.82) is 0 Å². The molecule has 1 aliphatic rings. The van der Waals surface area contributed by atoms with Gasteiger partial charge in [0.05, 0.1) is 7.11 Å². The summed E-state index contributed by atoms with van der Waals surface area (Å²) < 4.78 is 15.3. The summed E-state index contributed by atoms with van der Waals surface area (Å²) in [6.45, 7) is 4.62. The quantitative estimate of drug-likeness (QED) is 0.0711. The number of rotatable bonds is 17. The van der Waals surface area contributed by atoms with Crippen molar-refractivity contribution < 1.29 is 47.8 Å². The maximum absolute atomic E-state index is 13.8. The van der Waals surface area contributed by atoms with Crippen LogP contribution in [0.5, 0.6) is 0 Å². The molecule has 0 bridgehead atoms. The molecule has 270 valence electrons. The average Bonchev–Trinajstić information content (AvgIpc) is 3.41. The zero-order valence-electron chi connectivity index (χ0n) is 28.3. The van der Waals surface area contributed by atoms with E-state index in [2.05, 4.69) is 16.0 Å². The van der Waals surface area contributed by atoms with E-state index in [0.717, 1.165) is 32.1 Å². The van der Waals surface area contributed by atoms with Gasteiger partial charge in [-0.15, -0.1) is 0 Å². The minimum Gasteiger partial charge on any atom is -0.467 e. The van der Waals surface area contributed by atoms with E-state index in [4.69, 9.17) is 14.2 Å². The van der Waals surface area contributed by atoms with Gasteiger partial charge in [-0.05, 0) is 31.9 Å². The fourth-order valence-corrected chi connectivity index (χ4v) is 6.99. The monoisotopic (exact) mass is 730 g/mol. The summed E-state index contributed by atoms with van der Waals surface area (Å²) in [5.41, 5.74) is 0.697. The summed E-state index contributed by atoms with van der Waals surface area (Å²) in [6.07, 6.45) is -0.918. The molecule has 0 aliphatic carbocycles. The Hall–Kier alpha value is -4.57. The van der Waals surface area contributed by atoms with Gasteiger partial charge in [-0.25, -0.2) is 9.59 Å². The average molecular weight is 731 g/mol. The fraction of sp³-hybridized carbons (Fsp3) is 0.441. The lowest BCUT2D eigenvalue weighted by Gasteiger charge is -2.27. The molecule has 1 saturated heterocycles. The highest BCUT2D eigenvalue weighted by atomic mass is 33.1. The molecular formula is C34H42N4O10S2. The number of likely N-dealkylation sites (tertiary alicyclic amines) is 1. The van der Waals surface area contributed by atoms with Crippen LogP contribution in [-0.4, -0.2) is 95.4 Å². The zero-order chi connectivity index (χ0) is 36.7. The Morgan fingerprint density at radius 2 is 1.38 bits per heavy atom. The van der Waals surface area contributed by atoms with Crippen molar-refractivity contribution in [3.8, 4) is 0 Å². The fourth-order valence-electron chi connectivity index (χ4n) is 4.64. The van der Waals surface area contributed by atoms with Crippen LogP contribution < -0.4 is 16.0 Å². The number of hydrogen-bond donors (Lipinski definition) is 3. The molecule has 3 rings (SSSR count). The van der Waals surface area contributed by atoms with Crippen LogP contribution in [0.2, 0.25) is 0 Å². The third-order valence-corrected chi connectivity index (χ3v) is 9.39. The highest BCUT2D eigenvalue weighted by molar-refractivity contribution is 8.76. The zero-order valence-corrected chi connectivity index (χ0v) is 29.9. The lowest BCUT2D eigenvalue weighted by molar-refractivity contribution is -0.154. The van der Waals surface area contributed by atoms with Crippen molar-refractivity contribution in [2.75, 3.05) is 25.2 Å². The van der Waals surface area contributed by atoms with Crippen LogP contribution in [0, 0.1) is 0 Å². The number of benzene rings is 2. The molecule has 14 nitrogen and oxygen atoms in total. The van der Waals surface area contributed by atoms with Crippen LogP contribution in [0.25, 0.3) is 0 Å². The van der Waals surface area contributed by atoms with Crippen molar-refractivity contribution >= 4 is 63.2 Å². The third kappa shape index (κ3) is 13.4. The first-order chi connectivity index (χ1) is 23.8. The van der Waals surface area contributed by atoms with Crippen LogP contribution in [0.15, 0.2) is 60.7 Å². The van der Waals surface area contributed by atoms with E-state index in [0.29, 0.717) is 5.56 Å². The van der Waals surface area contributed by atoms with E-state index >= 15 is 0 Å². The molecule has 3 N–H and O–H groups in total. The van der Waals surface area contributed by atoms with Gasteiger partial charge >= 0.3 is 18.0 Å². The van der Waals surface area contributed by atoms with Gasteiger partial charge < -0.3 is 30.2 Å². The van der Waals surface area contributed by atoms with Crippen molar-refractivity contribution in [3.05, 3.63) is 71.8 Å². The topological polar surface area (TPSA) is 187 Å². The molecule has 16 heteroatoms. The Morgan fingerprint density at radius 1 is 0.800 bits per heavy atom. The maximum atomic E-state index is 13.8. The minimum absolute atomic E-state index is 0.00227. The van der Waals surface area contributed by atoms with Crippen molar-refractivity contribution in [3.63, 3.8) is 0 Å². The van der Waals surface area contributed by atoms with E-state index < -0.39 is 71.9 Å². The standard InChI is InChI=1S/C34H42N4O10S2/c1-34(2,3)48-29(41)18-35-30(42)24(17-22-11-7-5-8-12-22)36-31(43)26(38-27(39)15-16-28(38)40)21-50-49-20-25(32(44)46-4)37-33(45)47-19-23-13-9-6-10-14-23/h5-14,24-26H,15-21H2,1-4H3,(H,35,42)(H,36,43)(H,37,45)/t24-,25-,26-/m0/s1. The predicted molar refractivity (Wildman–Crippen MR) is 186 cm³/mol. The smallest absolute Gasteiger partial charge is 0.408 e. The molecule has 0 aromatic heterocycles. The molecule has 5 amide bonds. The first-order valence-electron chi connectivity index (χ1n) is 15.8. The Balaban J connectivity index is 1.68. The first-order valence-corrected chi connectivity index (χ1v) is 18.2. The van der Waals surface area contributed by atoms with E-state index in [-0.39, 0.29) is 37.4 Å². The number of ether oxygens (including phenoxy) is 3. The number of carbonyl (C=O) groups excluding carboxylic acids is 7. The molecule has 1 aliphatic heterocycles. The number of methoxy groups -OCH3 is 1. The Labute approximate surface area is 298 Å². The van der Waals surface area contributed by atoms with Crippen LogP contribution in [0.3, 0.4) is 0 Å². The molecule has 2 aromatic rings. The molecule has 3 atom stereocenters. The van der Waals surface area contributed by atoms with E-state index in [1.807, 2.05) is 6.07 Å². The molecule has 0 spiro atoms. The molecule has 2 aromatic carbocycles. The molecule has 0 saturated carbocycles. The van der Waals surface area contributed by atoms with Gasteiger partial charge in [0.1, 0.15) is 36.9 Å². The van der Waals surface area contributed by atoms with Crippen LogP contribution >= 0.6 is 21.6 Å². The number of nitrogens with one attached hydrogen (secondary N) is 3. The van der Waals surface area contributed by atoms with E-state index in [1.54, 1.807) is 75.4 Å². The summed E-state index contributed by atoms with van der Waals surface area (Å²) in [7, 11) is 3.35. The number of carbonyl (C=O) groups is 7. The van der Waals surface area contributed by atoms with Gasteiger partial charge in [0.25, 0.3) is 0 Å². The van der Waals surface area contributed by atoms with Crippen molar-refractivity contribution in [1.82, 2.24) is 20.9 Å². The summed E-state index contributed by atoms with van der Waals surface area (Å²) in [4.78, 5) is 90.5. The number of esters is 2.